The van der Waals surface area contributed by atoms with E-state index in [1.54, 1.807) is 18.2 Å². The number of urea groups is 1. The Bertz CT molecular complexity index is 1600. The third kappa shape index (κ3) is 6.23. The average molecular weight is 604 g/mol. The van der Waals surface area contributed by atoms with Crippen molar-refractivity contribution in [2.45, 2.75) is 6.92 Å². The highest BCUT2D eigenvalue weighted by atomic mass is 35.5. The number of halogens is 3. The number of nitro groups is 1. The molecule has 0 saturated carbocycles. The monoisotopic (exact) mass is 602 g/mol. The van der Waals surface area contributed by atoms with Crippen LogP contribution in [0.3, 0.4) is 0 Å². The van der Waals surface area contributed by atoms with Crippen molar-refractivity contribution in [2.75, 3.05) is 16.8 Å². The number of imide groups is 2. The van der Waals surface area contributed by atoms with Gasteiger partial charge in [0, 0.05) is 22.8 Å². The van der Waals surface area contributed by atoms with Gasteiger partial charge in [-0.05, 0) is 54.5 Å². The first-order chi connectivity index (χ1) is 18.9. The number of aryl methyl sites for hydroxylation is 1. The fraction of sp³-hybridized carbons (Fsp3) is 0.0769. The van der Waals surface area contributed by atoms with Crippen molar-refractivity contribution in [2.24, 2.45) is 0 Å². The second-order valence-corrected chi connectivity index (χ2v) is 9.57. The Morgan fingerprint density at radius 2 is 1.75 bits per heavy atom. The van der Waals surface area contributed by atoms with Crippen molar-refractivity contribution < 1.29 is 28.8 Å². The van der Waals surface area contributed by atoms with Gasteiger partial charge in [-0.3, -0.25) is 29.8 Å². The fourth-order valence-corrected chi connectivity index (χ4v) is 4.40. The number of carbonyl (C=O) groups excluding carboxylic acids is 4. The number of non-ortho nitro benzene ring substituents is 1. The van der Waals surface area contributed by atoms with Crippen molar-refractivity contribution in [3.63, 3.8) is 0 Å². The van der Waals surface area contributed by atoms with Gasteiger partial charge in [-0.1, -0.05) is 46.9 Å². The molecule has 1 aliphatic heterocycles. The van der Waals surface area contributed by atoms with E-state index in [0.717, 1.165) is 17.7 Å². The third-order valence-electron chi connectivity index (χ3n) is 5.54. The molecular formula is C26H17Cl3N4O7. The van der Waals surface area contributed by atoms with Crippen LogP contribution in [0.2, 0.25) is 15.1 Å². The lowest BCUT2D eigenvalue weighted by Crippen LogP contribution is -2.54. The molecule has 1 saturated heterocycles. The summed E-state index contributed by atoms with van der Waals surface area (Å²) in [5.41, 5.74) is 0.597. The first-order valence-electron chi connectivity index (χ1n) is 11.3. The van der Waals surface area contributed by atoms with E-state index < -0.39 is 40.9 Å². The first kappa shape index (κ1) is 28.6. The number of ether oxygens (including phenoxy) is 1. The van der Waals surface area contributed by atoms with Gasteiger partial charge in [-0.15, -0.1) is 0 Å². The van der Waals surface area contributed by atoms with Crippen molar-refractivity contribution in [3.8, 4) is 5.75 Å². The van der Waals surface area contributed by atoms with E-state index in [2.05, 4.69) is 5.32 Å². The van der Waals surface area contributed by atoms with Crippen LogP contribution in [0.5, 0.6) is 5.75 Å². The molecule has 0 aliphatic carbocycles. The maximum Gasteiger partial charge on any atom is 0.335 e. The Morgan fingerprint density at radius 1 is 1.05 bits per heavy atom. The summed E-state index contributed by atoms with van der Waals surface area (Å²) in [6.07, 6.45) is 1.14. The zero-order chi connectivity index (χ0) is 29.1. The SMILES string of the molecule is Cc1ccc(NC(=O)COc2c(Cl)cc(/C=C3/C(=O)NC(=O)N(c4cccc([N+](=O)[O-])c4)C3=O)cc2Cl)cc1Cl. The molecule has 0 aromatic heterocycles. The quantitative estimate of drug-likeness (QED) is 0.156. The minimum absolute atomic E-state index is 0.0182. The third-order valence-corrected chi connectivity index (χ3v) is 6.50. The zero-order valence-electron chi connectivity index (χ0n) is 20.4. The Hall–Kier alpha value is -4.45. The van der Waals surface area contributed by atoms with E-state index in [1.807, 2.05) is 12.2 Å². The molecule has 4 rings (SSSR count). The number of carbonyl (C=O) groups is 4. The molecule has 5 amide bonds. The standard InChI is InChI=1S/C26H17Cl3N4O7/c1-13-5-6-15(10-19(13)27)30-22(34)12-40-23-20(28)8-14(9-21(23)29)7-18-24(35)31-26(37)32(25(18)36)16-3-2-4-17(11-16)33(38)39/h2-11H,12H2,1H3,(H,30,34)(H,31,35,37)/b18-7-. The van der Waals surface area contributed by atoms with Gasteiger partial charge < -0.3 is 10.1 Å². The second kappa shape index (κ2) is 11.7. The number of anilines is 2. The molecular weight excluding hydrogens is 587 g/mol. The molecule has 11 nitrogen and oxygen atoms in total. The highest BCUT2D eigenvalue weighted by Crippen LogP contribution is 2.35. The number of hydrogen-bond acceptors (Lipinski definition) is 7. The van der Waals surface area contributed by atoms with E-state index >= 15 is 0 Å². The molecule has 40 heavy (non-hydrogen) atoms. The van der Waals surface area contributed by atoms with Crippen LogP contribution in [0.1, 0.15) is 11.1 Å². The summed E-state index contributed by atoms with van der Waals surface area (Å²) in [6.45, 7) is 1.39. The molecule has 1 heterocycles. The van der Waals surface area contributed by atoms with Crippen molar-refractivity contribution >= 4 is 81.7 Å². The Labute approximate surface area is 241 Å². The summed E-state index contributed by atoms with van der Waals surface area (Å²) < 4.78 is 5.48. The van der Waals surface area contributed by atoms with Crippen LogP contribution in [-0.4, -0.2) is 35.3 Å². The summed E-state index contributed by atoms with van der Waals surface area (Å²) >= 11 is 18.7. The van der Waals surface area contributed by atoms with Crippen LogP contribution in [0.15, 0.2) is 60.2 Å². The van der Waals surface area contributed by atoms with Crippen LogP contribution < -0.4 is 20.3 Å². The Balaban J connectivity index is 1.53. The summed E-state index contributed by atoms with van der Waals surface area (Å²) in [5, 5.41) is 16.2. The molecule has 2 N–H and O–H groups in total. The first-order valence-corrected chi connectivity index (χ1v) is 12.4. The number of barbiturate groups is 1. The number of benzene rings is 3. The van der Waals surface area contributed by atoms with Gasteiger partial charge in [0.05, 0.1) is 20.7 Å². The highest BCUT2D eigenvalue weighted by molar-refractivity contribution is 6.40. The summed E-state index contributed by atoms with van der Waals surface area (Å²) in [7, 11) is 0. The smallest absolute Gasteiger partial charge is 0.335 e. The molecule has 1 fully saturated rings. The molecule has 0 unspecified atom stereocenters. The molecule has 3 aromatic rings. The number of rotatable bonds is 7. The van der Waals surface area contributed by atoms with Crippen molar-refractivity contribution in [1.29, 1.82) is 0 Å². The molecule has 0 atom stereocenters. The number of nitro benzene ring substituents is 1. The van der Waals surface area contributed by atoms with Crippen LogP contribution in [0.4, 0.5) is 21.9 Å². The molecule has 0 spiro atoms. The van der Waals surface area contributed by atoms with Crippen LogP contribution in [0.25, 0.3) is 6.08 Å². The van der Waals surface area contributed by atoms with E-state index in [4.69, 9.17) is 39.5 Å². The maximum atomic E-state index is 13.1. The lowest BCUT2D eigenvalue weighted by molar-refractivity contribution is -0.384. The summed E-state index contributed by atoms with van der Waals surface area (Å²) in [5.74, 6) is -2.53. The summed E-state index contributed by atoms with van der Waals surface area (Å²) in [6, 6.07) is 11.4. The van der Waals surface area contributed by atoms with Gasteiger partial charge in [0.15, 0.2) is 12.4 Å². The number of hydrogen-bond donors (Lipinski definition) is 2. The topological polar surface area (TPSA) is 148 Å². The molecule has 14 heteroatoms. The largest absolute Gasteiger partial charge is 0.481 e. The van der Waals surface area contributed by atoms with Gasteiger partial charge in [0.25, 0.3) is 23.4 Å². The van der Waals surface area contributed by atoms with Gasteiger partial charge in [-0.2, -0.15) is 0 Å². The normalized spacial score (nSPS) is 14.2. The molecule has 3 aromatic carbocycles. The molecule has 0 radical (unpaired) electrons. The van der Waals surface area contributed by atoms with Crippen molar-refractivity contribution in [3.05, 3.63) is 96.5 Å². The van der Waals surface area contributed by atoms with Crippen molar-refractivity contribution in [1.82, 2.24) is 5.32 Å². The predicted octanol–water partition coefficient (Wildman–Crippen LogP) is 5.55. The lowest BCUT2D eigenvalue weighted by Gasteiger charge is -2.26. The minimum atomic E-state index is -1.07. The Kier molecular flexibility index (Phi) is 8.38. The molecule has 0 bridgehead atoms. The van der Waals surface area contributed by atoms with E-state index in [-0.39, 0.29) is 32.7 Å². The van der Waals surface area contributed by atoms with Gasteiger partial charge in [0.1, 0.15) is 5.57 Å². The number of nitrogens with one attached hydrogen (secondary N) is 2. The maximum absolute atomic E-state index is 13.1. The average Bonchev–Trinajstić information content (AvgIpc) is 2.88. The highest BCUT2D eigenvalue weighted by Gasteiger charge is 2.37. The molecule has 204 valence electrons. The fourth-order valence-electron chi connectivity index (χ4n) is 3.61. The van der Waals surface area contributed by atoms with E-state index in [1.165, 1.54) is 30.3 Å². The summed E-state index contributed by atoms with van der Waals surface area (Å²) in [4.78, 5) is 61.3. The van der Waals surface area contributed by atoms with Gasteiger partial charge >= 0.3 is 6.03 Å². The molecule has 1 aliphatic rings. The lowest BCUT2D eigenvalue weighted by atomic mass is 10.1. The number of amides is 5. The van der Waals surface area contributed by atoms with E-state index in [0.29, 0.717) is 15.6 Å². The Morgan fingerprint density at radius 3 is 2.40 bits per heavy atom. The van der Waals surface area contributed by atoms with Gasteiger partial charge in [-0.25, -0.2) is 9.69 Å². The van der Waals surface area contributed by atoms with Gasteiger partial charge in [0.2, 0.25) is 0 Å². The van der Waals surface area contributed by atoms with Crippen LogP contribution in [0, 0.1) is 17.0 Å². The van der Waals surface area contributed by atoms with Crippen LogP contribution in [-0.2, 0) is 14.4 Å². The van der Waals surface area contributed by atoms with Crippen LogP contribution >= 0.6 is 34.8 Å². The number of nitrogens with zero attached hydrogens (tertiary/aromatic N) is 2. The zero-order valence-corrected chi connectivity index (χ0v) is 22.6. The predicted molar refractivity (Wildman–Crippen MR) is 149 cm³/mol. The second-order valence-electron chi connectivity index (χ2n) is 8.35. The van der Waals surface area contributed by atoms with E-state index in [9.17, 15) is 29.3 Å². The minimum Gasteiger partial charge on any atom is -0.481 e.